The lowest BCUT2D eigenvalue weighted by molar-refractivity contribution is -0.161. The number of hydrogen-bond acceptors (Lipinski definition) is 15. The molecule has 0 aromatic carbocycles. The minimum absolute atomic E-state index is 0.105. The number of hydrogen-bond donors (Lipinski definition) is 3. The highest BCUT2D eigenvalue weighted by molar-refractivity contribution is 7.47. The maximum Gasteiger partial charge on any atom is 0.472 e. The Kier molecular flexibility index (Phi) is 60.3. The molecule has 0 saturated carbocycles. The maximum atomic E-state index is 13.0. The van der Waals surface area contributed by atoms with E-state index in [9.17, 15) is 43.2 Å². The summed E-state index contributed by atoms with van der Waals surface area (Å²) in [7, 11) is -9.91. The first-order chi connectivity index (χ1) is 43.7. The molecule has 0 bridgehead atoms. The first-order valence-electron chi connectivity index (χ1n) is 37.3. The standard InChI is InChI=1S/C72H140O17P2/c1-9-64(7)50-42-34-25-19-16-17-21-29-39-47-55-72(77)89-68(59-83-70(75)53-45-37-31-30-33-41-49-63(5)6)61-87-91(80,81)85-57-66(73)56-84-90(78,79)86-60-67(58-82-69(74)52-44-36-27-23-22-26-35-43-51-65(8)10-2)88-71(76)54-46-38-28-20-15-13-11-12-14-18-24-32-40-48-62(3)4/h62-68,73H,9-61H2,1-8H3,(H,78,79)(H,80,81)/t64?,65?,66-,67-,68-/m1/s1. The van der Waals surface area contributed by atoms with Gasteiger partial charge in [0.05, 0.1) is 26.4 Å². The summed E-state index contributed by atoms with van der Waals surface area (Å²) in [4.78, 5) is 72.6. The van der Waals surface area contributed by atoms with E-state index in [0.29, 0.717) is 31.6 Å². The molecule has 4 unspecified atom stereocenters. The third kappa shape index (κ3) is 63.9. The van der Waals surface area contributed by atoms with Crippen molar-refractivity contribution in [3.63, 3.8) is 0 Å². The molecule has 0 amide bonds. The van der Waals surface area contributed by atoms with Crippen LogP contribution in [0.15, 0.2) is 0 Å². The summed E-state index contributed by atoms with van der Waals surface area (Å²) in [6, 6.07) is 0. The number of aliphatic hydroxyl groups is 1. The predicted molar refractivity (Wildman–Crippen MR) is 367 cm³/mol. The molecule has 0 spiro atoms. The van der Waals surface area contributed by atoms with Gasteiger partial charge in [0.25, 0.3) is 0 Å². The molecule has 0 aromatic heterocycles. The van der Waals surface area contributed by atoms with Gasteiger partial charge in [0.2, 0.25) is 0 Å². The van der Waals surface area contributed by atoms with Crippen molar-refractivity contribution in [1.29, 1.82) is 0 Å². The third-order valence-electron chi connectivity index (χ3n) is 17.3. The van der Waals surface area contributed by atoms with Crippen LogP contribution in [0.5, 0.6) is 0 Å². The van der Waals surface area contributed by atoms with Gasteiger partial charge < -0.3 is 33.8 Å². The van der Waals surface area contributed by atoms with Gasteiger partial charge in [0.15, 0.2) is 12.2 Å². The summed E-state index contributed by atoms with van der Waals surface area (Å²) in [5, 5.41) is 10.6. The van der Waals surface area contributed by atoms with E-state index >= 15 is 0 Å². The van der Waals surface area contributed by atoms with E-state index in [0.717, 1.165) is 114 Å². The Morgan fingerprint density at radius 1 is 0.308 bits per heavy atom. The van der Waals surface area contributed by atoms with Gasteiger partial charge in [-0.2, -0.15) is 0 Å². The Morgan fingerprint density at radius 2 is 0.527 bits per heavy atom. The van der Waals surface area contributed by atoms with Crippen LogP contribution in [0.3, 0.4) is 0 Å². The third-order valence-corrected chi connectivity index (χ3v) is 19.2. The Hall–Kier alpha value is -1.94. The summed E-state index contributed by atoms with van der Waals surface area (Å²) in [6.07, 6.45) is 44.4. The number of esters is 4. The minimum atomic E-state index is -4.95. The van der Waals surface area contributed by atoms with Crippen LogP contribution >= 0.6 is 15.6 Å². The Morgan fingerprint density at radius 3 is 0.780 bits per heavy atom. The van der Waals surface area contributed by atoms with Crippen LogP contribution in [-0.2, 0) is 65.4 Å². The normalized spacial score (nSPS) is 14.8. The highest BCUT2D eigenvalue weighted by atomic mass is 31.2. The monoisotopic (exact) mass is 1340 g/mol. The second kappa shape index (κ2) is 61.6. The van der Waals surface area contributed by atoms with Gasteiger partial charge in [-0.25, -0.2) is 9.13 Å². The second-order valence-corrected chi connectivity index (χ2v) is 30.3. The smallest absolute Gasteiger partial charge is 0.462 e. The number of unbranched alkanes of at least 4 members (excludes halogenated alkanes) is 33. The summed E-state index contributed by atoms with van der Waals surface area (Å²) < 4.78 is 68.4. The van der Waals surface area contributed by atoms with Gasteiger partial charge in [-0.1, -0.05) is 306 Å². The fraction of sp³-hybridized carbons (Fsp3) is 0.944. The number of rotatable bonds is 69. The molecule has 0 aliphatic carbocycles. The van der Waals surface area contributed by atoms with Crippen LogP contribution in [-0.4, -0.2) is 96.7 Å². The molecule has 0 heterocycles. The van der Waals surface area contributed by atoms with Crippen molar-refractivity contribution in [1.82, 2.24) is 0 Å². The molecular formula is C72H140O17P2. The molecular weight excluding hydrogens is 1200 g/mol. The van der Waals surface area contributed by atoms with Crippen molar-refractivity contribution in [3.05, 3.63) is 0 Å². The number of carbonyl (C=O) groups excluding carboxylic acids is 4. The number of aliphatic hydroxyl groups excluding tert-OH is 1. The molecule has 17 nitrogen and oxygen atoms in total. The molecule has 0 aliphatic heterocycles. The van der Waals surface area contributed by atoms with Crippen LogP contribution in [0.4, 0.5) is 0 Å². The average molecular weight is 1340 g/mol. The molecule has 0 saturated heterocycles. The van der Waals surface area contributed by atoms with Crippen LogP contribution in [0.1, 0.15) is 357 Å². The lowest BCUT2D eigenvalue weighted by atomic mass is 9.99. The van der Waals surface area contributed by atoms with E-state index in [-0.39, 0.29) is 25.7 Å². The van der Waals surface area contributed by atoms with Crippen molar-refractivity contribution in [2.45, 2.75) is 375 Å². The number of phosphoric acid groups is 2. The SMILES string of the molecule is CCC(C)CCCCCCCCCCCCC(=O)O[C@H](COC(=O)CCCCCCCCC(C)C)COP(=O)(O)OC[C@H](O)COP(=O)(O)OC[C@@H](COC(=O)CCCCCCCCCCC(C)CC)OC(=O)CCCCCCCCCCCCCCCC(C)C. The molecule has 7 atom stereocenters. The highest BCUT2D eigenvalue weighted by Gasteiger charge is 2.30. The molecule has 0 aromatic rings. The van der Waals surface area contributed by atoms with Crippen LogP contribution < -0.4 is 0 Å². The van der Waals surface area contributed by atoms with E-state index in [4.69, 9.17) is 37.0 Å². The molecule has 0 fully saturated rings. The molecule has 91 heavy (non-hydrogen) atoms. The van der Waals surface area contributed by atoms with E-state index in [1.807, 2.05) is 0 Å². The highest BCUT2D eigenvalue weighted by Crippen LogP contribution is 2.45. The molecule has 540 valence electrons. The van der Waals surface area contributed by atoms with Gasteiger partial charge in [-0.05, 0) is 49.4 Å². The van der Waals surface area contributed by atoms with E-state index in [1.54, 1.807) is 0 Å². The average Bonchev–Trinajstić information content (AvgIpc) is 2.99. The van der Waals surface area contributed by atoms with Crippen molar-refractivity contribution in [3.8, 4) is 0 Å². The Balaban J connectivity index is 5.25. The number of phosphoric ester groups is 2. The topological polar surface area (TPSA) is 237 Å². The molecule has 0 rings (SSSR count). The second-order valence-electron chi connectivity index (χ2n) is 27.4. The first-order valence-corrected chi connectivity index (χ1v) is 40.3. The lowest BCUT2D eigenvalue weighted by Crippen LogP contribution is -2.30. The van der Waals surface area contributed by atoms with Crippen molar-refractivity contribution >= 4 is 39.5 Å². The maximum absolute atomic E-state index is 13.0. The van der Waals surface area contributed by atoms with Gasteiger partial charge in [0, 0.05) is 25.7 Å². The van der Waals surface area contributed by atoms with Crippen LogP contribution in [0.2, 0.25) is 0 Å². The predicted octanol–water partition coefficient (Wildman–Crippen LogP) is 20.5. The van der Waals surface area contributed by atoms with Crippen molar-refractivity contribution in [2.75, 3.05) is 39.6 Å². The van der Waals surface area contributed by atoms with E-state index in [1.165, 1.54) is 154 Å². The Bertz CT molecular complexity index is 1800. The molecule has 0 aliphatic rings. The van der Waals surface area contributed by atoms with Crippen molar-refractivity contribution in [2.24, 2.45) is 23.7 Å². The summed E-state index contributed by atoms with van der Waals surface area (Å²) >= 11 is 0. The van der Waals surface area contributed by atoms with Crippen LogP contribution in [0, 0.1) is 23.7 Å². The zero-order chi connectivity index (χ0) is 67.5. The molecule has 0 radical (unpaired) electrons. The fourth-order valence-corrected chi connectivity index (χ4v) is 12.4. The zero-order valence-corrected chi connectivity index (χ0v) is 61.3. The summed E-state index contributed by atoms with van der Waals surface area (Å²) in [5.74, 6) is 0.918. The van der Waals surface area contributed by atoms with Gasteiger partial charge in [0.1, 0.15) is 19.3 Å². The van der Waals surface area contributed by atoms with E-state index < -0.39 is 97.5 Å². The number of ether oxygens (including phenoxy) is 4. The summed E-state index contributed by atoms with van der Waals surface area (Å²) in [5.41, 5.74) is 0. The van der Waals surface area contributed by atoms with Gasteiger partial charge in [-0.3, -0.25) is 37.3 Å². The minimum Gasteiger partial charge on any atom is -0.462 e. The summed E-state index contributed by atoms with van der Waals surface area (Å²) in [6.45, 7) is 14.1. The number of carbonyl (C=O) groups is 4. The fourth-order valence-electron chi connectivity index (χ4n) is 10.8. The lowest BCUT2D eigenvalue weighted by Gasteiger charge is -2.21. The van der Waals surface area contributed by atoms with E-state index in [2.05, 4.69) is 55.4 Å². The molecule has 3 N–H and O–H groups in total. The van der Waals surface area contributed by atoms with Gasteiger partial charge in [-0.15, -0.1) is 0 Å². The zero-order valence-electron chi connectivity index (χ0n) is 59.5. The van der Waals surface area contributed by atoms with Crippen LogP contribution in [0.25, 0.3) is 0 Å². The van der Waals surface area contributed by atoms with Gasteiger partial charge >= 0.3 is 39.5 Å². The quantitative estimate of drug-likeness (QED) is 0.0222. The largest absolute Gasteiger partial charge is 0.472 e. The molecule has 19 heteroatoms. The van der Waals surface area contributed by atoms with Crippen molar-refractivity contribution < 1.29 is 80.2 Å². The Labute approximate surface area is 556 Å². The first kappa shape index (κ1) is 89.1.